The van der Waals surface area contributed by atoms with Crippen LogP contribution in [-0.2, 0) is 46.0 Å². The van der Waals surface area contributed by atoms with E-state index in [1.54, 1.807) is 13.8 Å². The first-order valence-corrected chi connectivity index (χ1v) is 11.5. The zero-order valence-electron chi connectivity index (χ0n) is 17.5. The molecule has 2 aromatic heterocycles. The lowest BCUT2D eigenvalue weighted by Crippen LogP contribution is -2.40. The summed E-state index contributed by atoms with van der Waals surface area (Å²) in [5, 5.41) is 8.38. The quantitative estimate of drug-likeness (QED) is 0.672. The molecule has 0 unspecified atom stereocenters. The summed E-state index contributed by atoms with van der Waals surface area (Å²) < 4.78 is 40.1. The molecule has 0 radical (unpaired) electrons. The molecule has 2 aromatic rings. The monoisotopic (exact) mass is 437 g/mol. The number of aromatic nitrogens is 3. The van der Waals surface area contributed by atoms with Gasteiger partial charge in [0, 0.05) is 63.7 Å². The van der Waals surface area contributed by atoms with Gasteiger partial charge in [-0.15, -0.1) is 0 Å². The molecular weight excluding hydrogens is 410 g/mol. The Kier molecular flexibility index (Phi) is 5.69. The number of amides is 1. The van der Waals surface area contributed by atoms with Crippen molar-refractivity contribution in [2.45, 2.75) is 44.6 Å². The van der Waals surface area contributed by atoms with Crippen molar-refractivity contribution in [3.63, 3.8) is 0 Å². The molecule has 10 nitrogen and oxygen atoms in total. The minimum Gasteiger partial charge on any atom is -0.378 e. The van der Waals surface area contributed by atoms with Gasteiger partial charge in [-0.05, 0) is 13.8 Å². The minimum atomic E-state index is -3.73. The molecule has 11 heteroatoms. The Hall–Kier alpha value is -2.24. The summed E-state index contributed by atoms with van der Waals surface area (Å²) in [5.41, 5.74) is 3.07. The number of aryl methyl sites for hydroxylation is 4. The molecule has 1 amide bonds. The zero-order chi connectivity index (χ0) is 21.5. The van der Waals surface area contributed by atoms with Crippen LogP contribution in [0.15, 0.2) is 9.42 Å². The minimum absolute atomic E-state index is 0.0775. The highest BCUT2D eigenvalue weighted by Crippen LogP contribution is 2.30. The fourth-order valence-electron chi connectivity index (χ4n) is 4.22. The summed E-state index contributed by atoms with van der Waals surface area (Å²) >= 11 is 0. The van der Waals surface area contributed by atoms with Gasteiger partial charge in [0.1, 0.15) is 10.6 Å². The summed E-state index contributed by atoms with van der Waals surface area (Å²) in [6, 6.07) is 0. The maximum absolute atomic E-state index is 13.2. The Morgan fingerprint density at radius 2 is 1.90 bits per heavy atom. The molecule has 2 aliphatic rings. The topological polar surface area (TPSA) is 111 Å². The number of hydrogen-bond acceptors (Lipinski definition) is 7. The first-order chi connectivity index (χ1) is 14.3. The van der Waals surface area contributed by atoms with E-state index in [4.69, 9.17) is 9.26 Å². The number of morpholine rings is 1. The first-order valence-electron chi connectivity index (χ1n) is 10.1. The molecule has 2 aliphatic heterocycles. The van der Waals surface area contributed by atoms with Crippen molar-refractivity contribution in [1.29, 1.82) is 0 Å². The van der Waals surface area contributed by atoms with E-state index in [9.17, 15) is 13.2 Å². The van der Waals surface area contributed by atoms with Crippen molar-refractivity contribution in [3.05, 3.63) is 28.4 Å². The van der Waals surface area contributed by atoms with E-state index in [0.29, 0.717) is 63.6 Å². The summed E-state index contributed by atoms with van der Waals surface area (Å²) in [4.78, 5) is 14.5. The molecule has 0 bridgehead atoms. The van der Waals surface area contributed by atoms with Gasteiger partial charge in [-0.25, -0.2) is 8.42 Å². The molecule has 4 rings (SSSR count). The van der Waals surface area contributed by atoms with Gasteiger partial charge >= 0.3 is 0 Å². The molecule has 1 saturated heterocycles. The highest BCUT2D eigenvalue weighted by Gasteiger charge is 2.35. The fraction of sp³-hybridized carbons (Fsp3) is 0.632. The number of ether oxygens (including phenoxy) is 1. The third kappa shape index (κ3) is 3.77. The van der Waals surface area contributed by atoms with Gasteiger partial charge in [-0.1, -0.05) is 5.16 Å². The van der Waals surface area contributed by atoms with Crippen LogP contribution >= 0.6 is 0 Å². The molecule has 0 N–H and O–H groups in total. The van der Waals surface area contributed by atoms with Gasteiger partial charge in [0.05, 0.1) is 18.9 Å². The predicted octanol–water partition coefficient (Wildman–Crippen LogP) is 0.563. The second kappa shape index (κ2) is 8.12. The lowest BCUT2D eigenvalue weighted by Gasteiger charge is -2.27. The highest BCUT2D eigenvalue weighted by atomic mass is 32.2. The molecular formula is C19H27N5O5S. The molecule has 1 fully saturated rings. The van der Waals surface area contributed by atoms with E-state index in [1.165, 1.54) is 4.31 Å². The van der Waals surface area contributed by atoms with Crippen molar-refractivity contribution < 1.29 is 22.5 Å². The Morgan fingerprint density at radius 3 is 2.57 bits per heavy atom. The van der Waals surface area contributed by atoms with E-state index in [2.05, 4.69) is 10.3 Å². The third-order valence-corrected chi connectivity index (χ3v) is 7.89. The Labute approximate surface area is 175 Å². The maximum Gasteiger partial charge on any atom is 0.248 e. The lowest BCUT2D eigenvalue weighted by molar-refractivity contribution is -0.135. The molecule has 164 valence electrons. The van der Waals surface area contributed by atoms with E-state index in [-0.39, 0.29) is 17.3 Å². The summed E-state index contributed by atoms with van der Waals surface area (Å²) in [7, 11) is -1.86. The zero-order valence-corrected chi connectivity index (χ0v) is 18.4. The molecule has 30 heavy (non-hydrogen) atoms. The molecule has 0 aromatic carbocycles. The third-order valence-electron chi connectivity index (χ3n) is 5.80. The number of carbonyl (C=O) groups is 1. The van der Waals surface area contributed by atoms with Gasteiger partial charge in [0.15, 0.2) is 5.76 Å². The van der Waals surface area contributed by atoms with Crippen LogP contribution in [0.3, 0.4) is 0 Å². The molecule has 0 saturated carbocycles. The Bertz CT molecular complexity index is 1030. The molecule has 0 atom stereocenters. The predicted molar refractivity (Wildman–Crippen MR) is 106 cm³/mol. The molecule has 0 aliphatic carbocycles. The number of rotatable bonds is 5. The first kappa shape index (κ1) is 21.0. The van der Waals surface area contributed by atoms with Crippen LogP contribution in [0.4, 0.5) is 0 Å². The average molecular weight is 438 g/mol. The van der Waals surface area contributed by atoms with E-state index in [0.717, 1.165) is 17.0 Å². The Balaban J connectivity index is 1.52. The van der Waals surface area contributed by atoms with Gasteiger partial charge in [0.25, 0.3) is 0 Å². The number of carbonyl (C=O) groups excluding carboxylic acids is 1. The second-order valence-corrected chi connectivity index (χ2v) is 9.61. The van der Waals surface area contributed by atoms with Crippen LogP contribution in [-0.4, -0.2) is 71.3 Å². The average Bonchev–Trinajstić information content (AvgIpc) is 3.25. The normalized spacial score (nSPS) is 17.9. The Morgan fingerprint density at radius 1 is 1.17 bits per heavy atom. The van der Waals surface area contributed by atoms with Crippen LogP contribution in [0.25, 0.3) is 0 Å². The van der Waals surface area contributed by atoms with Crippen molar-refractivity contribution in [3.8, 4) is 0 Å². The highest BCUT2D eigenvalue weighted by molar-refractivity contribution is 7.89. The van der Waals surface area contributed by atoms with E-state index < -0.39 is 10.0 Å². The van der Waals surface area contributed by atoms with Crippen molar-refractivity contribution >= 4 is 15.9 Å². The van der Waals surface area contributed by atoms with Gasteiger partial charge in [0.2, 0.25) is 15.9 Å². The number of hydrogen-bond donors (Lipinski definition) is 0. The standard InChI is InChI=1S/C19H27N5O5S/c1-13-19(14(2)29-21-13)30(26,27)24-7-6-17-15(12-24)16(20-22(17)3)4-5-18(25)23-8-10-28-11-9-23/h4-12H2,1-3H3. The van der Waals surface area contributed by atoms with Crippen LogP contribution < -0.4 is 0 Å². The maximum atomic E-state index is 13.2. The fourth-order valence-corrected chi connectivity index (χ4v) is 5.92. The molecule has 0 spiro atoms. The van der Waals surface area contributed by atoms with Crippen LogP contribution in [0.2, 0.25) is 0 Å². The van der Waals surface area contributed by atoms with Crippen molar-refractivity contribution in [1.82, 2.24) is 24.1 Å². The number of fused-ring (bicyclic) bond motifs is 1. The van der Waals surface area contributed by atoms with Crippen LogP contribution in [0, 0.1) is 13.8 Å². The summed E-state index contributed by atoms with van der Waals surface area (Å²) in [5.74, 6) is 0.370. The number of sulfonamides is 1. The largest absolute Gasteiger partial charge is 0.378 e. The van der Waals surface area contributed by atoms with Gasteiger partial charge < -0.3 is 14.2 Å². The smallest absolute Gasteiger partial charge is 0.248 e. The van der Waals surface area contributed by atoms with Gasteiger partial charge in [-0.3, -0.25) is 9.48 Å². The molecule has 4 heterocycles. The van der Waals surface area contributed by atoms with Crippen molar-refractivity contribution in [2.75, 3.05) is 32.8 Å². The summed E-state index contributed by atoms with van der Waals surface area (Å²) in [6.45, 7) is 6.20. The lowest BCUT2D eigenvalue weighted by atomic mass is 10.0. The summed E-state index contributed by atoms with van der Waals surface area (Å²) in [6.07, 6.45) is 1.40. The van der Waals surface area contributed by atoms with Crippen molar-refractivity contribution in [2.24, 2.45) is 7.05 Å². The van der Waals surface area contributed by atoms with Crippen LogP contribution in [0.1, 0.15) is 34.8 Å². The van der Waals surface area contributed by atoms with E-state index >= 15 is 0 Å². The van der Waals surface area contributed by atoms with E-state index in [1.807, 2.05) is 16.6 Å². The van der Waals surface area contributed by atoms with Gasteiger partial charge in [-0.2, -0.15) is 9.40 Å². The second-order valence-electron chi connectivity index (χ2n) is 7.73. The number of nitrogens with zero attached hydrogens (tertiary/aromatic N) is 5. The SMILES string of the molecule is Cc1noc(C)c1S(=O)(=O)N1CCc2c(c(CCC(=O)N3CCOCC3)nn2C)C1. The van der Waals surface area contributed by atoms with Crippen LogP contribution in [0.5, 0.6) is 0 Å².